The van der Waals surface area contributed by atoms with Crippen molar-refractivity contribution < 1.29 is 9.84 Å². The summed E-state index contributed by atoms with van der Waals surface area (Å²) in [4.78, 5) is 0. The Morgan fingerprint density at radius 3 is 2.53 bits per heavy atom. The van der Waals surface area contributed by atoms with Crippen LogP contribution in [0.25, 0.3) is 0 Å². The third-order valence-corrected chi connectivity index (χ3v) is 4.07. The lowest BCUT2D eigenvalue weighted by molar-refractivity contribution is 0.276. The van der Waals surface area contributed by atoms with Gasteiger partial charge in [-0.2, -0.15) is 0 Å². The highest BCUT2D eigenvalue weighted by Crippen LogP contribution is 2.37. The summed E-state index contributed by atoms with van der Waals surface area (Å²) in [6.07, 6.45) is 0. The molecule has 0 amide bonds. The summed E-state index contributed by atoms with van der Waals surface area (Å²) < 4.78 is 6.43. The average molecular weight is 362 g/mol. The fraction of sp³-hybridized carbons (Fsp3) is 0.143. The number of hydrogen-bond acceptors (Lipinski definition) is 2. The SMILES string of the molecule is Cc1ccc(Oc2cc(Cl)c(Br)cc2Cl)c(CO)c1. The number of halogens is 3. The maximum absolute atomic E-state index is 9.34. The fourth-order valence-electron chi connectivity index (χ4n) is 1.63. The molecule has 0 saturated carbocycles. The quantitative estimate of drug-likeness (QED) is 0.746. The Kier molecular flexibility index (Phi) is 4.74. The van der Waals surface area contributed by atoms with Crippen molar-refractivity contribution in [2.45, 2.75) is 13.5 Å². The predicted molar refractivity (Wildman–Crippen MR) is 81.3 cm³/mol. The highest BCUT2D eigenvalue weighted by atomic mass is 79.9. The van der Waals surface area contributed by atoms with Crippen LogP contribution in [0, 0.1) is 6.92 Å². The lowest BCUT2D eigenvalue weighted by Crippen LogP contribution is -1.93. The van der Waals surface area contributed by atoms with Crippen molar-refractivity contribution in [1.82, 2.24) is 0 Å². The van der Waals surface area contributed by atoms with Crippen LogP contribution in [0.5, 0.6) is 11.5 Å². The van der Waals surface area contributed by atoms with Gasteiger partial charge in [-0.25, -0.2) is 0 Å². The first-order chi connectivity index (χ1) is 9.01. The van der Waals surface area contributed by atoms with Crippen LogP contribution >= 0.6 is 39.1 Å². The summed E-state index contributed by atoms with van der Waals surface area (Å²) in [6, 6.07) is 8.88. The first-order valence-electron chi connectivity index (χ1n) is 5.54. The zero-order valence-electron chi connectivity index (χ0n) is 10.1. The highest BCUT2D eigenvalue weighted by Gasteiger charge is 2.10. The number of aliphatic hydroxyl groups excluding tert-OH is 1. The van der Waals surface area contributed by atoms with Crippen LogP contribution in [0.1, 0.15) is 11.1 Å². The molecule has 0 aromatic heterocycles. The lowest BCUT2D eigenvalue weighted by Gasteiger charge is -2.12. The van der Waals surface area contributed by atoms with E-state index in [1.165, 1.54) is 0 Å². The van der Waals surface area contributed by atoms with E-state index >= 15 is 0 Å². The van der Waals surface area contributed by atoms with Crippen molar-refractivity contribution in [3.63, 3.8) is 0 Å². The minimum absolute atomic E-state index is 0.0983. The Morgan fingerprint density at radius 1 is 1.11 bits per heavy atom. The van der Waals surface area contributed by atoms with Crippen molar-refractivity contribution in [3.8, 4) is 11.5 Å². The smallest absolute Gasteiger partial charge is 0.147 e. The van der Waals surface area contributed by atoms with Crippen molar-refractivity contribution in [2.24, 2.45) is 0 Å². The minimum atomic E-state index is -0.0983. The van der Waals surface area contributed by atoms with Gasteiger partial charge in [0, 0.05) is 16.1 Å². The molecule has 2 aromatic carbocycles. The third kappa shape index (κ3) is 3.42. The zero-order chi connectivity index (χ0) is 14.0. The van der Waals surface area contributed by atoms with E-state index in [-0.39, 0.29) is 6.61 Å². The van der Waals surface area contributed by atoms with Crippen molar-refractivity contribution in [2.75, 3.05) is 0 Å². The normalized spacial score (nSPS) is 10.6. The maximum Gasteiger partial charge on any atom is 0.147 e. The molecule has 19 heavy (non-hydrogen) atoms. The number of benzene rings is 2. The van der Waals surface area contributed by atoms with Gasteiger partial charge in [0.25, 0.3) is 0 Å². The van der Waals surface area contributed by atoms with Gasteiger partial charge in [-0.15, -0.1) is 0 Å². The first-order valence-corrected chi connectivity index (χ1v) is 7.09. The van der Waals surface area contributed by atoms with Crippen LogP contribution in [0.3, 0.4) is 0 Å². The molecule has 0 bridgehead atoms. The molecule has 100 valence electrons. The average Bonchev–Trinajstić information content (AvgIpc) is 2.37. The molecule has 0 aliphatic rings. The second kappa shape index (κ2) is 6.14. The standard InChI is InChI=1S/C14H11BrCl2O2/c1-8-2-3-13(9(4-8)7-18)19-14-6-11(16)10(15)5-12(14)17/h2-6,18H,7H2,1H3. The van der Waals surface area contributed by atoms with Gasteiger partial charge < -0.3 is 9.84 Å². The van der Waals surface area contributed by atoms with Crippen LogP contribution in [0.15, 0.2) is 34.8 Å². The molecule has 2 nitrogen and oxygen atoms in total. The van der Waals surface area contributed by atoms with E-state index in [1.807, 2.05) is 19.1 Å². The molecule has 2 aromatic rings. The molecule has 0 aliphatic heterocycles. The molecule has 1 N–H and O–H groups in total. The first kappa shape index (κ1) is 14.7. The maximum atomic E-state index is 9.34. The molecule has 0 aliphatic carbocycles. The van der Waals surface area contributed by atoms with Crippen molar-refractivity contribution >= 4 is 39.1 Å². The number of ether oxygens (including phenoxy) is 1. The molecule has 0 saturated heterocycles. The van der Waals surface area contributed by atoms with E-state index in [0.29, 0.717) is 31.6 Å². The second-order valence-corrected chi connectivity index (χ2v) is 5.74. The van der Waals surface area contributed by atoms with Gasteiger partial charge in [0.15, 0.2) is 0 Å². The van der Waals surface area contributed by atoms with Crippen LogP contribution < -0.4 is 4.74 Å². The number of rotatable bonds is 3. The van der Waals surface area contributed by atoms with E-state index in [9.17, 15) is 5.11 Å². The van der Waals surface area contributed by atoms with Gasteiger partial charge in [-0.3, -0.25) is 0 Å². The van der Waals surface area contributed by atoms with Crippen LogP contribution in [0.2, 0.25) is 10.0 Å². The van der Waals surface area contributed by atoms with Gasteiger partial charge in [0.05, 0.1) is 16.7 Å². The number of aliphatic hydroxyl groups is 1. The Balaban J connectivity index is 2.39. The molecule has 0 unspecified atom stereocenters. The largest absolute Gasteiger partial charge is 0.455 e. The van der Waals surface area contributed by atoms with Gasteiger partial charge in [-0.1, -0.05) is 40.9 Å². The van der Waals surface area contributed by atoms with Crippen LogP contribution in [-0.4, -0.2) is 5.11 Å². The second-order valence-electron chi connectivity index (χ2n) is 4.07. The van der Waals surface area contributed by atoms with Crippen LogP contribution in [0.4, 0.5) is 0 Å². The van der Waals surface area contributed by atoms with Gasteiger partial charge in [-0.05, 0) is 35.0 Å². The Morgan fingerprint density at radius 2 is 1.84 bits per heavy atom. The molecule has 0 heterocycles. The van der Waals surface area contributed by atoms with Gasteiger partial charge in [0.2, 0.25) is 0 Å². The van der Waals surface area contributed by atoms with Gasteiger partial charge in [0.1, 0.15) is 11.5 Å². The van der Waals surface area contributed by atoms with Crippen LogP contribution in [-0.2, 0) is 6.61 Å². The topological polar surface area (TPSA) is 29.5 Å². The molecular weight excluding hydrogens is 351 g/mol. The summed E-state index contributed by atoms with van der Waals surface area (Å²) in [6.45, 7) is 1.85. The molecular formula is C14H11BrCl2O2. The third-order valence-electron chi connectivity index (χ3n) is 2.58. The Bertz CT molecular complexity index is 615. The molecule has 0 atom stereocenters. The van der Waals surface area contributed by atoms with E-state index in [1.54, 1.807) is 18.2 Å². The number of hydrogen-bond donors (Lipinski definition) is 1. The van der Waals surface area contributed by atoms with E-state index in [4.69, 9.17) is 27.9 Å². The Hall–Kier alpha value is -0.740. The Labute approximate surface area is 130 Å². The summed E-state index contributed by atoms with van der Waals surface area (Å²) >= 11 is 15.4. The van der Waals surface area contributed by atoms with E-state index in [2.05, 4.69) is 15.9 Å². The summed E-state index contributed by atoms with van der Waals surface area (Å²) in [5.41, 5.74) is 1.76. The molecule has 0 fully saturated rings. The lowest BCUT2D eigenvalue weighted by atomic mass is 10.1. The predicted octanol–water partition coefficient (Wildman–Crippen LogP) is 5.35. The van der Waals surface area contributed by atoms with E-state index < -0.39 is 0 Å². The molecule has 2 rings (SSSR count). The molecule has 5 heteroatoms. The minimum Gasteiger partial charge on any atom is -0.455 e. The summed E-state index contributed by atoms with van der Waals surface area (Å²) in [5.74, 6) is 1.02. The van der Waals surface area contributed by atoms with Gasteiger partial charge >= 0.3 is 0 Å². The van der Waals surface area contributed by atoms with E-state index in [0.717, 1.165) is 5.56 Å². The summed E-state index contributed by atoms with van der Waals surface area (Å²) in [7, 11) is 0. The van der Waals surface area contributed by atoms with Crippen molar-refractivity contribution in [3.05, 3.63) is 56.0 Å². The molecule has 0 radical (unpaired) electrons. The summed E-state index contributed by atoms with van der Waals surface area (Å²) in [5, 5.41) is 10.3. The fourth-order valence-corrected chi connectivity index (χ4v) is 2.46. The number of aryl methyl sites for hydroxylation is 1. The monoisotopic (exact) mass is 360 g/mol. The molecule has 0 spiro atoms. The highest BCUT2D eigenvalue weighted by molar-refractivity contribution is 9.10. The van der Waals surface area contributed by atoms with Crippen molar-refractivity contribution in [1.29, 1.82) is 0 Å². The zero-order valence-corrected chi connectivity index (χ0v) is 13.2.